The summed E-state index contributed by atoms with van der Waals surface area (Å²) < 4.78 is 7.80. The Bertz CT molecular complexity index is 1170. The Morgan fingerprint density at radius 1 is 1.03 bits per heavy atom. The number of nitrogens with zero attached hydrogens (tertiary/aromatic N) is 2. The van der Waals surface area contributed by atoms with Crippen LogP contribution in [-0.2, 0) is 18.3 Å². The van der Waals surface area contributed by atoms with Gasteiger partial charge in [-0.2, -0.15) is 0 Å². The zero-order valence-electron chi connectivity index (χ0n) is 17.7. The number of nitrogens with one attached hydrogen (secondary N) is 1. The zero-order valence-corrected chi connectivity index (χ0v) is 18.5. The summed E-state index contributed by atoms with van der Waals surface area (Å²) in [5.41, 5.74) is 3.11. The zero-order chi connectivity index (χ0) is 22.3. The number of aromatic nitrogens is 2. The fraction of sp³-hybridized carbons (Fsp3) is 0.154. The first-order valence-electron chi connectivity index (χ1n) is 10.4. The highest BCUT2D eigenvalue weighted by Gasteiger charge is 2.21. The first-order chi connectivity index (χ1) is 15.6. The van der Waals surface area contributed by atoms with Crippen molar-refractivity contribution in [1.82, 2.24) is 14.9 Å². The average Bonchev–Trinajstić information content (AvgIpc) is 3.24. The maximum Gasteiger partial charge on any atom is 0.258 e. The van der Waals surface area contributed by atoms with Gasteiger partial charge in [-0.1, -0.05) is 72.3 Å². The molecule has 5 nitrogen and oxygen atoms in total. The van der Waals surface area contributed by atoms with Crippen LogP contribution in [0.1, 0.15) is 28.6 Å². The molecule has 0 saturated heterocycles. The van der Waals surface area contributed by atoms with Gasteiger partial charge < -0.3 is 14.6 Å². The Hall–Kier alpha value is -3.57. The Morgan fingerprint density at radius 2 is 1.75 bits per heavy atom. The lowest BCUT2D eigenvalue weighted by Crippen LogP contribution is -2.34. The number of halogens is 1. The van der Waals surface area contributed by atoms with Crippen LogP contribution < -0.4 is 10.1 Å². The van der Waals surface area contributed by atoms with Crippen molar-refractivity contribution in [3.05, 3.63) is 119 Å². The first-order valence-corrected chi connectivity index (χ1v) is 10.7. The molecule has 1 atom stereocenters. The molecule has 1 heterocycles. The number of amides is 1. The second-order valence-corrected chi connectivity index (χ2v) is 7.94. The van der Waals surface area contributed by atoms with Gasteiger partial charge in [0.2, 0.25) is 0 Å². The van der Waals surface area contributed by atoms with Crippen molar-refractivity contribution in [2.45, 2.75) is 12.5 Å². The fourth-order valence-electron chi connectivity index (χ4n) is 3.56. The molecule has 0 fully saturated rings. The van der Waals surface area contributed by atoms with E-state index in [0.29, 0.717) is 10.8 Å². The summed E-state index contributed by atoms with van der Waals surface area (Å²) in [7, 11) is 1.90. The summed E-state index contributed by atoms with van der Waals surface area (Å²) in [6, 6.07) is 24.9. The SMILES string of the molecule is Cn1ccnc1[C@H](NC(=O)COc1ccccc1Cc1ccccc1)c1ccc(Cl)cc1. The molecule has 6 heteroatoms. The molecule has 1 amide bonds. The number of ether oxygens (including phenoxy) is 1. The quantitative estimate of drug-likeness (QED) is 0.417. The number of aryl methyl sites for hydroxylation is 1. The van der Waals surface area contributed by atoms with Gasteiger partial charge in [0.15, 0.2) is 6.61 Å². The molecule has 4 aromatic rings. The van der Waals surface area contributed by atoms with Crippen LogP contribution in [0.2, 0.25) is 5.02 Å². The second kappa shape index (κ2) is 10.2. The van der Waals surface area contributed by atoms with E-state index in [9.17, 15) is 4.79 Å². The number of imidazole rings is 1. The second-order valence-electron chi connectivity index (χ2n) is 7.51. The molecule has 0 aliphatic rings. The molecule has 3 aromatic carbocycles. The van der Waals surface area contributed by atoms with Gasteiger partial charge in [0.1, 0.15) is 17.6 Å². The molecular weight excluding hydrogens is 422 g/mol. The third kappa shape index (κ3) is 5.37. The highest BCUT2D eigenvalue weighted by molar-refractivity contribution is 6.30. The van der Waals surface area contributed by atoms with Crippen molar-refractivity contribution in [1.29, 1.82) is 0 Å². The summed E-state index contributed by atoms with van der Waals surface area (Å²) in [6.45, 7) is -0.0969. The van der Waals surface area contributed by atoms with Crippen molar-refractivity contribution in [3.8, 4) is 5.75 Å². The molecule has 0 saturated carbocycles. The van der Waals surface area contributed by atoms with Crippen LogP contribution in [0.3, 0.4) is 0 Å². The summed E-state index contributed by atoms with van der Waals surface area (Å²) in [6.07, 6.45) is 4.29. The highest BCUT2D eigenvalue weighted by Crippen LogP contribution is 2.23. The predicted octanol–water partition coefficient (Wildman–Crippen LogP) is 4.95. The lowest BCUT2D eigenvalue weighted by atomic mass is 10.0. The molecule has 162 valence electrons. The van der Waals surface area contributed by atoms with E-state index in [1.54, 1.807) is 18.3 Å². The lowest BCUT2D eigenvalue weighted by molar-refractivity contribution is -0.123. The highest BCUT2D eigenvalue weighted by atomic mass is 35.5. The van der Waals surface area contributed by atoms with Crippen LogP contribution in [0.15, 0.2) is 91.3 Å². The predicted molar refractivity (Wildman–Crippen MR) is 126 cm³/mol. The number of benzene rings is 3. The van der Waals surface area contributed by atoms with E-state index in [1.807, 2.05) is 72.4 Å². The van der Waals surface area contributed by atoms with Crippen LogP contribution in [0.4, 0.5) is 0 Å². The molecule has 32 heavy (non-hydrogen) atoms. The van der Waals surface area contributed by atoms with E-state index < -0.39 is 6.04 Å². The molecule has 0 unspecified atom stereocenters. The van der Waals surface area contributed by atoms with Crippen LogP contribution in [0, 0.1) is 0 Å². The summed E-state index contributed by atoms with van der Waals surface area (Å²) in [4.78, 5) is 17.3. The van der Waals surface area contributed by atoms with Gasteiger partial charge in [0.05, 0.1) is 0 Å². The average molecular weight is 446 g/mol. The maximum absolute atomic E-state index is 12.8. The Balaban J connectivity index is 1.47. The summed E-state index contributed by atoms with van der Waals surface area (Å²) >= 11 is 6.04. The van der Waals surface area contributed by atoms with Gasteiger partial charge in [0.25, 0.3) is 5.91 Å². The molecule has 4 rings (SSSR count). The normalized spacial score (nSPS) is 11.7. The number of hydrogen-bond acceptors (Lipinski definition) is 3. The van der Waals surface area contributed by atoms with E-state index in [-0.39, 0.29) is 12.5 Å². The Morgan fingerprint density at radius 3 is 2.47 bits per heavy atom. The molecule has 1 N–H and O–H groups in total. The minimum absolute atomic E-state index is 0.0969. The first kappa shape index (κ1) is 21.7. The van der Waals surface area contributed by atoms with Crippen LogP contribution in [-0.4, -0.2) is 22.1 Å². The maximum atomic E-state index is 12.8. The van der Waals surface area contributed by atoms with E-state index in [0.717, 1.165) is 23.4 Å². The topological polar surface area (TPSA) is 56.2 Å². The number of carbonyl (C=O) groups excluding carboxylic acids is 1. The van der Waals surface area contributed by atoms with Crippen molar-refractivity contribution in [2.75, 3.05) is 6.61 Å². The monoisotopic (exact) mass is 445 g/mol. The van der Waals surface area contributed by atoms with E-state index >= 15 is 0 Å². The largest absolute Gasteiger partial charge is 0.483 e. The smallest absolute Gasteiger partial charge is 0.258 e. The standard InChI is InChI=1S/C26H24ClN3O2/c1-30-16-15-28-26(30)25(20-11-13-22(27)14-12-20)29-24(31)18-32-23-10-6-5-9-21(23)17-19-7-3-2-4-8-19/h2-16,25H,17-18H2,1H3,(H,29,31)/t25-/m1/s1. The number of para-hydroxylation sites is 1. The molecular formula is C26H24ClN3O2. The van der Waals surface area contributed by atoms with Gasteiger partial charge in [-0.05, 0) is 34.9 Å². The summed E-state index contributed by atoms with van der Waals surface area (Å²) in [5.74, 6) is 1.19. The Labute approximate surface area is 192 Å². The molecule has 1 aromatic heterocycles. The fourth-order valence-corrected chi connectivity index (χ4v) is 3.69. The molecule has 0 bridgehead atoms. The number of carbonyl (C=O) groups is 1. The van der Waals surface area contributed by atoms with Gasteiger partial charge in [-0.15, -0.1) is 0 Å². The van der Waals surface area contributed by atoms with Crippen molar-refractivity contribution < 1.29 is 9.53 Å². The van der Waals surface area contributed by atoms with Crippen LogP contribution >= 0.6 is 11.6 Å². The molecule has 0 radical (unpaired) electrons. The molecule has 0 aliphatic carbocycles. The van der Waals surface area contributed by atoms with Crippen molar-refractivity contribution in [3.63, 3.8) is 0 Å². The van der Waals surface area contributed by atoms with Crippen LogP contribution in [0.25, 0.3) is 0 Å². The number of hydrogen-bond donors (Lipinski definition) is 1. The van der Waals surface area contributed by atoms with Crippen LogP contribution in [0.5, 0.6) is 5.75 Å². The minimum atomic E-state index is -0.414. The van der Waals surface area contributed by atoms with Gasteiger partial charge in [-0.25, -0.2) is 4.98 Å². The van der Waals surface area contributed by atoms with Gasteiger partial charge in [-0.3, -0.25) is 4.79 Å². The van der Waals surface area contributed by atoms with Gasteiger partial charge >= 0.3 is 0 Å². The van der Waals surface area contributed by atoms with Crippen molar-refractivity contribution in [2.24, 2.45) is 7.05 Å². The lowest BCUT2D eigenvalue weighted by Gasteiger charge is -2.20. The molecule has 0 aliphatic heterocycles. The summed E-state index contributed by atoms with van der Waals surface area (Å²) in [5, 5.41) is 3.68. The van der Waals surface area contributed by atoms with E-state index in [4.69, 9.17) is 16.3 Å². The van der Waals surface area contributed by atoms with Crippen molar-refractivity contribution >= 4 is 17.5 Å². The van der Waals surface area contributed by atoms with E-state index in [2.05, 4.69) is 22.4 Å². The number of rotatable bonds is 8. The molecule has 0 spiro atoms. The van der Waals surface area contributed by atoms with Gasteiger partial charge in [0, 0.05) is 30.9 Å². The third-order valence-electron chi connectivity index (χ3n) is 5.19. The third-order valence-corrected chi connectivity index (χ3v) is 5.45. The van der Waals surface area contributed by atoms with E-state index in [1.165, 1.54) is 5.56 Å². The minimum Gasteiger partial charge on any atom is -0.483 e. The Kier molecular flexibility index (Phi) is 6.87.